The first-order valence-corrected chi connectivity index (χ1v) is 8.43. The highest BCUT2D eigenvalue weighted by Crippen LogP contribution is 2.08. The van der Waals surface area contributed by atoms with E-state index in [4.69, 9.17) is 4.52 Å². The Hall–Kier alpha value is -3.00. The molecule has 0 aliphatic carbocycles. The van der Waals surface area contributed by atoms with E-state index in [2.05, 4.69) is 15.5 Å². The van der Waals surface area contributed by atoms with Crippen LogP contribution in [0.25, 0.3) is 6.08 Å². The summed E-state index contributed by atoms with van der Waals surface area (Å²) in [6.45, 7) is 4.51. The SMILES string of the molecule is Cc1cc(NC(=O)CN2CCN(C(=O)/C=C/c3cccnc3)CC2)no1. The zero-order valence-electron chi connectivity index (χ0n) is 14.6. The van der Waals surface area contributed by atoms with E-state index in [-0.39, 0.29) is 18.4 Å². The van der Waals surface area contributed by atoms with Crippen LogP contribution >= 0.6 is 0 Å². The quantitative estimate of drug-likeness (QED) is 0.810. The monoisotopic (exact) mass is 355 g/mol. The smallest absolute Gasteiger partial charge is 0.246 e. The molecule has 2 aromatic heterocycles. The molecule has 8 heteroatoms. The van der Waals surface area contributed by atoms with Gasteiger partial charge in [-0.15, -0.1) is 0 Å². The van der Waals surface area contributed by atoms with Gasteiger partial charge in [-0.25, -0.2) is 0 Å². The molecule has 3 heterocycles. The molecule has 26 heavy (non-hydrogen) atoms. The minimum atomic E-state index is -0.144. The number of aromatic nitrogens is 2. The fraction of sp³-hybridized carbons (Fsp3) is 0.333. The van der Waals surface area contributed by atoms with Crippen LogP contribution in [-0.2, 0) is 9.59 Å². The molecule has 1 saturated heterocycles. The highest BCUT2D eigenvalue weighted by atomic mass is 16.5. The highest BCUT2D eigenvalue weighted by Gasteiger charge is 2.21. The summed E-state index contributed by atoms with van der Waals surface area (Å²) < 4.78 is 4.92. The van der Waals surface area contributed by atoms with Gasteiger partial charge in [0.1, 0.15) is 5.76 Å². The number of piperazine rings is 1. The van der Waals surface area contributed by atoms with Gasteiger partial charge in [0, 0.05) is 50.7 Å². The topological polar surface area (TPSA) is 91.6 Å². The van der Waals surface area contributed by atoms with Crippen molar-refractivity contribution in [2.45, 2.75) is 6.92 Å². The highest BCUT2D eigenvalue weighted by molar-refractivity contribution is 5.92. The molecular formula is C18H21N5O3. The lowest BCUT2D eigenvalue weighted by Crippen LogP contribution is -2.50. The van der Waals surface area contributed by atoms with E-state index in [0.29, 0.717) is 37.8 Å². The molecule has 0 atom stereocenters. The normalized spacial score (nSPS) is 15.3. The summed E-state index contributed by atoms with van der Waals surface area (Å²) in [6, 6.07) is 5.39. The molecule has 0 aromatic carbocycles. The zero-order valence-corrected chi connectivity index (χ0v) is 14.6. The lowest BCUT2D eigenvalue weighted by molar-refractivity contribution is -0.127. The molecule has 0 spiro atoms. The molecule has 1 aliphatic rings. The van der Waals surface area contributed by atoms with Crippen molar-refractivity contribution in [2.75, 3.05) is 38.0 Å². The van der Waals surface area contributed by atoms with Crippen LogP contribution in [0.15, 0.2) is 41.2 Å². The summed E-state index contributed by atoms with van der Waals surface area (Å²) in [5.41, 5.74) is 0.888. The number of nitrogens with one attached hydrogen (secondary N) is 1. The van der Waals surface area contributed by atoms with Gasteiger partial charge in [0.2, 0.25) is 11.8 Å². The van der Waals surface area contributed by atoms with Gasteiger partial charge in [0.15, 0.2) is 5.82 Å². The van der Waals surface area contributed by atoms with Crippen molar-refractivity contribution in [3.05, 3.63) is 48.0 Å². The summed E-state index contributed by atoms with van der Waals surface area (Å²) >= 11 is 0. The van der Waals surface area contributed by atoms with Gasteiger partial charge in [0.05, 0.1) is 6.54 Å². The number of amides is 2. The third-order valence-corrected chi connectivity index (χ3v) is 4.05. The van der Waals surface area contributed by atoms with Gasteiger partial charge in [-0.2, -0.15) is 0 Å². The van der Waals surface area contributed by atoms with Gasteiger partial charge in [-0.05, 0) is 24.6 Å². The van der Waals surface area contributed by atoms with E-state index in [1.54, 1.807) is 42.4 Å². The zero-order chi connectivity index (χ0) is 18.4. The summed E-state index contributed by atoms with van der Waals surface area (Å²) in [6.07, 6.45) is 6.72. The Bertz CT molecular complexity index is 779. The van der Waals surface area contributed by atoms with Crippen molar-refractivity contribution < 1.29 is 14.1 Å². The predicted octanol–water partition coefficient (Wildman–Crippen LogP) is 1.17. The fourth-order valence-corrected chi connectivity index (χ4v) is 2.68. The summed E-state index contributed by atoms with van der Waals surface area (Å²) in [7, 11) is 0. The first kappa shape index (κ1) is 17.8. The number of aryl methyl sites for hydroxylation is 1. The number of carbonyl (C=O) groups excluding carboxylic acids is 2. The third kappa shape index (κ3) is 5.00. The van der Waals surface area contributed by atoms with Crippen molar-refractivity contribution in [1.29, 1.82) is 0 Å². The van der Waals surface area contributed by atoms with Crippen LogP contribution in [0.1, 0.15) is 11.3 Å². The van der Waals surface area contributed by atoms with Crippen LogP contribution in [0.4, 0.5) is 5.82 Å². The molecule has 0 radical (unpaired) electrons. The maximum Gasteiger partial charge on any atom is 0.246 e. The number of pyridine rings is 1. The fourth-order valence-electron chi connectivity index (χ4n) is 2.68. The largest absolute Gasteiger partial charge is 0.360 e. The molecule has 1 aliphatic heterocycles. The van der Waals surface area contributed by atoms with E-state index in [1.807, 2.05) is 17.0 Å². The van der Waals surface area contributed by atoms with Gasteiger partial charge in [-0.1, -0.05) is 11.2 Å². The van der Waals surface area contributed by atoms with Crippen molar-refractivity contribution in [3.63, 3.8) is 0 Å². The molecule has 136 valence electrons. The number of carbonyl (C=O) groups is 2. The molecule has 0 bridgehead atoms. The predicted molar refractivity (Wildman–Crippen MR) is 96.2 cm³/mol. The Balaban J connectivity index is 1.42. The van der Waals surface area contributed by atoms with E-state index in [1.165, 1.54) is 0 Å². The van der Waals surface area contributed by atoms with E-state index < -0.39 is 0 Å². The van der Waals surface area contributed by atoms with Crippen LogP contribution < -0.4 is 5.32 Å². The van der Waals surface area contributed by atoms with Crippen molar-refractivity contribution in [3.8, 4) is 0 Å². The third-order valence-electron chi connectivity index (χ3n) is 4.05. The Kier molecular flexibility index (Phi) is 5.75. The number of nitrogens with zero attached hydrogens (tertiary/aromatic N) is 4. The molecule has 8 nitrogen and oxygen atoms in total. The van der Waals surface area contributed by atoms with Crippen LogP contribution in [0, 0.1) is 6.92 Å². The maximum atomic E-state index is 12.2. The first-order valence-electron chi connectivity index (χ1n) is 8.43. The minimum absolute atomic E-state index is 0.0315. The van der Waals surface area contributed by atoms with Crippen molar-refractivity contribution in [1.82, 2.24) is 19.9 Å². The maximum absolute atomic E-state index is 12.2. The number of hydrogen-bond acceptors (Lipinski definition) is 6. The van der Waals surface area contributed by atoms with Crippen LogP contribution in [-0.4, -0.2) is 64.5 Å². The molecule has 2 amide bonds. The Morgan fingerprint density at radius 2 is 2.12 bits per heavy atom. The molecule has 0 unspecified atom stereocenters. The molecule has 1 N–H and O–H groups in total. The molecule has 3 rings (SSSR count). The van der Waals surface area contributed by atoms with E-state index in [0.717, 1.165) is 5.56 Å². The van der Waals surface area contributed by atoms with Gasteiger partial charge in [0.25, 0.3) is 0 Å². The molecule has 2 aromatic rings. The lowest BCUT2D eigenvalue weighted by atomic mass is 10.2. The van der Waals surface area contributed by atoms with Gasteiger partial charge >= 0.3 is 0 Å². The second-order valence-corrected chi connectivity index (χ2v) is 6.09. The first-order chi connectivity index (χ1) is 12.6. The summed E-state index contributed by atoms with van der Waals surface area (Å²) in [4.78, 5) is 32.1. The summed E-state index contributed by atoms with van der Waals surface area (Å²) in [5, 5.41) is 6.44. The van der Waals surface area contributed by atoms with Crippen LogP contribution in [0.3, 0.4) is 0 Å². The standard InChI is InChI=1S/C18H21N5O3/c1-14-11-16(21-26-14)20-17(24)13-22-7-9-23(10-8-22)18(25)5-4-15-3-2-6-19-12-15/h2-6,11-12H,7-10,13H2,1H3,(H,20,21,24)/b5-4+. The second-order valence-electron chi connectivity index (χ2n) is 6.09. The molecule has 0 saturated carbocycles. The van der Waals surface area contributed by atoms with Crippen molar-refractivity contribution >= 4 is 23.7 Å². The van der Waals surface area contributed by atoms with Crippen LogP contribution in [0.5, 0.6) is 0 Å². The Labute approximate surface area is 151 Å². The number of hydrogen-bond donors (Lipinski definition) is 1. The average Bonchev–Trinajstić information content (AvgIpc) is 3.05. The van der Waals surface area contributed by atoms with Crippen LogP contribution in [0.2, 0.25) is 0 Å². The Morgan fingerprint density at radius 1 is 1.31 bits per heavy atom. The van der Waals surface area contributed by atoms with E-state index >= 15 is 0 Å². The Morgan fingerprint density at radius 3 is 2.77 bits per heavy atom. The lowest BCUT2D eigenvalue weighted by Gasteiger charge is -2.33. The van der Waals surface area contributed by atoms with Crippen molar-refractivity contribution in [2.24, 2.45) is 0 Å². The second kappa shape index (κ2) is 8.39. The average molecular weight is 355 g/mol. The number of anilines is 1. The summed E-state index contributed by atoms with van der Waals surface area (Å²) in [5.74, 6) is 0.888. The number of rotatable bonds is 5. The molecule has 1 fully saturated rings. The van der Waals surface area contributed by atoms with Gasteiger partial charge in [-0.3, -0.25) is 19.5 Å². The molecular weight excluding hydrogens is 334 g/mol. The van der Waals surface area contributed by atoms with Gasteiger partial charge < -0.3 is 14.7 Å². The minimum Gasteiger partial charge on any atom is -0.360 e. The van der Waals surface area contributed by atoms with E-state index in [9.17, 15) is 9.59 Å².